The molecule has 0 amide bonds. The molecule has 0 saturated carbocycles. The number of fused-ring (bicyclic) bond motifs is 1. The van der Waals surface area contributed by atoms with Gasteiger partial charge in [-0.2, -0.15) is 4.31 Å². The van der Waals surface area contributed by atoms with Crippen LogP contribution in [0.1, 0.15) is 25.7 Å². The van der Waals surface area contributed by atoms with Crippen LogP contribution < -0.4 is 5.56 Å². The second kappa shape index (κ2) is 10.4. The number of aromatic nitrogens is 2. The molecule has 11 heteroatoms. The fourth-order valence-corrected chi connectivity index (χ4v) is 7.26. The Morgan fingerprint density at radius 1 is 1.03 bits per heavy atom. The zero-order chi connectivity index (χ0) is 27.2. The third-order valence-corrected chi connectivity index (χ3v) is 9.62. The fraction of sp³-hybridized carbons (Fsp3) is 0.259. The zero-order valence-electron chi connectivity index (χ0n) is 20.7. The summed E-state index contributed by atoms with van der Waals surface area (Å²) in [4.78, 5) is 20.5. The number of sulfonamides is 1. The van der Waals surface area contributed by atoms with Gasteiger partial charge in [0.2, 0.25) is 10.0 Å². The lowest BCUT2D eigenvalue weighted by Gasteiger charge is -2.41. The van der Waals surface area contributed by atoms with Gasteiger partial charge < -0.3 is 0 Å². The molecule has 198 valence electrons. The summed E-state index contributed by atoms with van der Waals surface area (Å²) >= 11 is 12.3. The van der Waals surface area contributed by atoms with Crippen LogP contribution in [0, 0.1) is 5.82 Å². The largest absolute Gasteiger partial charge is 0.291 e. The van der Waals surface area contributed by atoms with E-state index in [0.29, 0.717) is 35.5 Å². The molecule has 4 aromatic rings. The number of benzene rings is 3. The summed E-state index contributed by atoms with van der Waals surface area (Å²) in [6.07, 6.45) is 0. The Hall–Kier alpha value is -2.82. The van der Waals surface area contributed by atoms with Gasteiger partial charge in [0.05, 0.1) is 27.7 Å². The summed E-state index contributed by atoms with van der Waals surface area (Å²) in [5, 5.41) is 0.852. The number of rotatable bonds is 5. The smallest absolute Gasteiger partial charge is 0.266 e. The maximum absolute atomic E-state index is 13.7. The van der Waals surface area contributed by atoms with Crippen molar-refractivity contribution < 1.29 is 12.8 Å². The van der Waals surface area contributed by atoms with Crippen LogP contribution in [-0.2, 0) is 10.0 Å². The van der Waals surface area contributed by atoms with Gasteiger partial charge in [-0.05, 0) is 68.4 Å². The van der Waals surface area contributed by atoms with E-state index in [1.54, 1.807) is 36.4 Å². The van der Waals surface area contributed by atoms with Crippen LogP contribution in [0.5, 0.6) is 0 Å². The van der Waals surface area contributed by atoms with E-state index in [-0.39, 0.29) is 33.1 Å². The first-order valence-corrected chi connectivity index (χ1v) is 14.3. The van der Waals surface area contributed by atoms with Crippen molar-refractivity contribution in [3.05, 3.63) is 98.8 Å². The lowest BCUT2D eigenvalue weighted by molar-refractivity contribution is 0.104. The third-order valence-electron chi connectivity index (χ3n) is 6.89. The van der Waals surface area contributed by atoms with Crippen molar-refractivity contribution in [3.63, 3.8) is 0 Å². The van der Waals surface area contributed by atoms with Crippen LogP contribution >= 0.6 is 23.2 Å². The lowest BCUT2D eigenvalue weighted by atomic mass is 10.1. The Morgan fingerprint density at radius 3 is 2.45 bits per heavy atom. The number of para-hydroxylation sites is 1. The Bertz CT molecular complexity index is 1680. The highest BCUT2D eigenvalue weighted by Gasteiger charge is 2.37. The zero-order valence-corrected chi connectivity index (χ0v) is 23.0. The van der Waals surface area contributed by atoms with Gasteiger partial charge in [-0.3, -0.25) is 14.3 Å². The fourth-order valence-electron chi connectivity index (χ4n) is 4.91. The number of hydrogen-bond donors (Lipinski definition) is 0. The highest BCUT2D eigenvalue weighted by molar-refractivity contribution is 7.89. The standard InChI is InChI=1S/C27H25Cl2FN4O3S/c1-17-16-32(13-14-33(17)38(36,37)25-15-19(28)7-12-23(25)29)18(2)26-31-24-6-4-3-5-22(24)27(35)34(26)21-10-8-20(30)9-11-21/h3-12,15,17-18H,13-14,16H2,1-2H3. The molecule has 0 bridgehead atoms. The molecule has 5 rings (SSSR count). The van der Waals surface area contributed by atoms with E-state index in [2.05, 4.69) is 4.90 Å². The SMILES string of the molecule is CC(c1nc2ccccc2c(=O)n1-c1ccc(F)cc1)N1CCN(S(=O)(=O)c2cc(Cl)ccc2Cl)C(C)C1. The van der Waals surface area contributed by atoms with E-state index < -0.39 is 21.9 Å². The van der Waals surface area contributed by atoms with E-state index in [4.69, 9.17) is 28.2 Å². The second-order valence-electron chi connectivity index (χ2n) is 9.31. The predicted molar refractivity (Wildman–Crippen MR) is 147 cm³/mol. The molecule has 0 N–H and O–H groups in total. The van der Waals surface area contributed by atoms with E-state index in [0.717, 1.165) is 0 Å². The molecule has 2 heterocycles. The van der Waals surface area contributed by atoms with Crippen LogP contribution in [0.15, 0.2) is 76.4 Å². The minimum absolute atomic E-state index is 0.0265. The van der Waals surface area contributed by atoms with Crippen molar-refractivity contribution >= 4 is 44.1 Å². The van der Waals surface area contributed by atoms with E-state index in [1.807, 2.05) is 19.9 Å². The topological polar surface area (TPSA) is 75.5 Å². The van der Waals surface area contributed by atoms with Gasteiger partial charge in [0.25, 0.3) is 5.56 Å². The van der Waals surface area contributed by atoms with Crippen molar-refractivity contribution in [3.8, 4) is 5.69 Å². The molecule has 1 aliphatic heterocycles. The Morgan fingerprint density at radius 2 is 1.74 bits per heavy atom. The summed E-state index contributed by atoms with van der Waals surface area (Å²) in [6, 6.07) is 16.4. The van der Waals surface area contributed by atoms with Gasteiger partial charge in [-0.25, -0.2) is 17.8 Å². The van der Waals surface area contributed by atoms with Gasteiger partial charge >= 0.3 is 0 Å². The first-order chi connectivity index (χ1) is 18.1. The molecule has 2 unspecified atom stereocenters. The average Bonchev–Trinajstić information content (AvgIpc) is 2.90. The minimum Gasteiger partial charge on any atom is -0.291 e. The lowest BCUT2D eigenvalue weighted by Crippen LogP contribution is -2.54. The maximum Gasteiger partial charge on any atom is 0.266 e. The molecule has 1 saturated heterocycles. The molecule has 0 radical (unpaired) electrons. The van der Waals surface area contributed by atoms with Crippen LogP contribution in [0.4, 0.5) is 4.39 Å². The summed E-state index contributed by atoms with van der Waals surface area (Å²) in [6.45, 7) is 4.77. The highest BCUT2D eigenvalue weighted by Crippen LogP contribution is 2.32. The van der Waals surface area contributed by atoms with Crippen molar-refractivity contribution in [2.75, 3.05) is 19.6 Å². The van der Waals surface area contributed by atoms with Crippen molar-refractivity contribution in [2.24, 2.45) is 0 Å². The Labute approximate surface area is 230 Å². The molecule has 0 aliphatic carbocycles. The first-order valence-electron chi connectivity index (χ1n) is 12.1. The summed E-state index contributed by atoms with van der Waals surface area (Å²) < 4.78 is 43.5. The predicted octanol–water partition coefficient (Wildman–Crippen LogP) is 5.29. The average molecular weight is 575 g/mol. The molecule has 0 spiro atoms. The Kier molecular flexibility index (Phi) is 7.32. The first kappa shape index (κ1) is 26.8. The summed E-state index contributed by atoms with van der Waals surface area (Å²) in [5.74, 6) is 0.0813. The van der Waals surface area contributed by atoms with E-state index >= 15 is 0 Å². The molecule has 1 fully saturated rings. The summed E-state index contributed by atoms with van der Waals surface area (Å²) in [5.41, 5.74) is 0.804. The van der Waals surface area contributed by atoms with Gasteiger partial charge in [0.15, 0.2) is 0 Å². The Balaban J connectivity index is 1.50. The van der Waals surface area contributed by atoms with Crippen molar-refractivity contribution in [1.29, 1.82) is 0 Å². The van der Waals surface area contributed by atoms with Crippen LogP contribution in [0.3, 0.4) is 0 Å². The van der Waals surface area contributed by atoms with Gasteiger partial charge in [-0.1, -0.05) is 35.3 Å². The van der Waals surface area contributed by atoms with Crippen LogP contribution in [-0.4, -0.2) is 52.9 Å². The van der Waals surface area contributed by atoms with E-state index in [9.17, 15) is 17.6 Å². The van der Waals surface area contributed by atoms with Gasteiger partial charge in [0, 0.05) is 30.7 Å². The summed E-state index contributed by atoms with van der Waals surface area (Å²) in [7, 11) is -3.88. The molecule has 3 aromatic carbocycles. The number of nitrogens with zero attached hydrogens (tertiary/aromatic N) is 4. The van der Waals surface area contributed by atoms with Gasteiger partial charge in [0.1, 0.15) is 16.5 Å². The highest BCUT2D eigenvalue weighted by atomic mass is 35.5. The molecule has 2 atom stereocenters. The number of piperazine rings is 1. The maximum atomic E-state index is 13.7. The molecule has 38 heavy (non-hydrogen) atoms. The number of halogens is 3. The molecular formula is C27H25Cl2FN4O3S. The van der Waals surface area contributed by atoms with Crippen LogP contribution in [0.25, 0.3) is 16.6 Å². The monoisotopic (exact) mass is 574 g/mol. The van der Waals surface area contributed by atoms with Crippen molar-refractivity contribution in [2.45, 2.75) is 30.8 Å². The molecule has 1 aromatic heterocycles. The normalized spacial score (nSPS) is 18.1. The van der Waals surface area contributed by atoms with Crippen molar-refractivity contribution in [1.82, 2.24) is 18.8 Å². The van der Waals surface area contributed by atoms with E-state index in [1.165, 1.54) is 33.1 Å². The van der Waals surface area contributed by atoms with Crippen LogP contribution in [0.2, 0.25) is 10.0 Å². The molecule has 7 nitrogen and oxygen atoms in total. The third kappa shape index (κ3) is 4.85. The van der Waals surface area contributed by atoms with Gasteiger partial charge in [-0.15, -0.1) is 0 Å². The number of hydrogen-bond acceptors (Lipinski definition) is 5. The molecule has 1 aliphatic rings. The minimum atomic E-state index is -3.88. The quantitative estimate of drug-likeness (QED) is 0.324. The molecular weight excluding hydrogens is 550 g/mol. The second-order valence-corrected chi connectivity index (χ2v) is 12.0.